The quantitative estimate of drug-likeness (QED) is 0.798. The lowest BCUT2D eigenvalue weighted by atomic mass is 9.85. The largest absolute Gasteiger partial charge is 0.378 e. The van der Waals surface area contributed by atoms with Crippen molar-refractivity contribution in [1.29, 1.82) is 0 Å². The molecule has 1 amide bonds. The van der Waals surface area contributed by atoms with Crippen LogP contribution < -0.4 is 10.6 Å². The van der Waals surface area contributed by atoms with Gasteiger partial charge in [0.2, 0.25) is 5.91 Å². The number of hydrogen-bond donors (Lipinski definition) is 2. The molecule has 2 fully saturated rings. The van der Waals surface area contributed by atoms with E-state index in [0.29, 0.717) is 37.1 Å². The number of carbonyl (C=O) groups is 1. The number of amides is 1. The summed E-state index contributed by atoms with van der Waals surface area (Å²) in [6, 6.07) is 14.1. The first kappa shape index (κ1) is 17.0. The van der Waals surface area contributed by atoms with Crippen LogP contribution >= 0.6 is 12.2 Å². The van der Waals surface area contributed by atoms with Crippen molar-refractivity contribution < 1.29 is 9.53 Å². The number of nitrogens with zero attached hydrogens (tertiary/aromatic N) is 1. The van der Waals surface area contributed by atoms with E-state index in [1.54, 1.807) is 0 Å². The lowest BCUT2D eigenvalue weighted by Crippen LogP contribution is -2.55. The minimum atomic E-state index is -0.425. The molecule has 134 valence electrons. The van der Waals surface area contributed by atoms with Crippen molar-refractivity contribution in [1.82, 2.24) is 15.5 Å². The van der Waals surface area contributed by atoms with Gasteiger partial charge < -0.3 is 20.3 Å². The highest BCUT2D eigenvalue weighted by atomic mass is 32.1. The van der Waals surface area contributed by atoms with E-state index in [2.05, 4.69) is 41.5 Å². The third-order valence-corrected chi connectivity index (χ3v) is 5.24. The number of rotatable bonds is 2. The van der Waals surface area contributed by atoms with E-state index in [4.69, 9.17) is 17.0 Å². The molecule has 2 aliphatic rings. The first-order valence-electron chi connectivity index (χ1n) is 8.75. The van der Waals surface area contributed by atoms with Gasteiger partial charge in [0.25, 0.3) is 0 Å². The number of benzene rings is 2. The van der Waals surface area contributed by atoms with Crippen LogP contribution in [0.1, 0.15) is 11.6 Å². The Kier molecular flexibility index (Phi) is 4.61. The molecule has 2 atom stereocenters. The molecule has 2 aliphatic heterocycles. The van der Waals surface area contributed by atoms with Crippen molar-refractivity contribution in [2.75, 3.05) is 26.3 Å². The molecular weight excluding hydrogens is 346 g/mol. The van der Waals surface area contributed by atoms with Crippen LogP contribution in [0.4, 0.5) is 0 Å². The fourth-order valence-corrected chi connectivity index (χ4v) is 3.99. The zero-order valence-electron chi connectivity index (χ0n) is 14.4. The van der Waals surface area contributed by atoms with Crippen LogP contribution in [0, 0.1) is 5.92 Å². The first-order valence-corrected chi connectivity index (χ1v) is 9.16. The van der Waals surface area contributed by atoms with Gasteiger partial charge in [-0.15, -0.1) is 0 Å². The van der Waals surface area contributed by atoms with Crippen LogP contribution in [-0.4, -0.2) is 42.2 Å². The van der Waals surface area contributed by atoms with Gasteiger partial charge in [0.15, 0.2) is 5.11 Å². The van der Waals surface area contributed by atoms with Crippen LogP contribution in [0.2, 0.25) is 0 Å². The van der Waals surface area contributed by atoms with Gasteiger partial charge in [-0.1, -0.05) is 49.0 Å². The maximum absolute atomic E-state index is 13.3. The summed E-state index contributed by atoms with van der Waals surface area (Å²) in [7, 11) is 0. The van der Waals surface area contributed by atoms with Crippen LogP contribution in [0.15, 0.2) is 54.7 Å². The maximum Gasteiger partial charge on any atom is 0.234 e. The van der Waals surface area contributed by atoms with E-state index < -0.39 is 5.92 Å². The average molecular weight is 367 g/mol. The molecule has 2 aromatic carbocycles. The van der Waals surface area contributed by atoms with Crippen molar-refractivity contribution in [2.24, 2.45) is 5.92 Å². The second kappa shape index (κ2) is 7.05. The number of ether oxygens (including phenoxy) is 1. The second-order valence-electron chi connectivity index (χ2n) is 6.59. The van der Waals surface area contributed by atoms with Gasteiger partial charge in [0.1, 0.15) is 5.92 Å². The SMILES string of the molecule is C=C1NC(=S)N[C@@H](c2cccc3ccccc23)[C@@H]1C(=O)N1CCOCC1. The molecule has 4 rings (SSSR count). The lowest BCUT2D eigenvalue weighted by Gasteiger charge is -2.39. The number of hydrogen-bond acceptors (Lipinski definition) is 3. The van der Waals surface area contributed by atoms with E-state index in [-0.39, 0.29) is 11.9 Å². The van der Waals surface area contributed by atoms with Crippen LogP contribution in [0.5, 0.6) is 0 Å². The Bertz CT molecular complexity index is 871. The third kappa shape index (κ3) is 3.06. The van der Waals surface area contributed by atoms with Gasteiger partial charge in [-0.05, 0) is 28.6 Å². The molecule has 0 spiro atoms. The molecule has 0 aromatic heterocycles. The zero-order chi connectivity index (χ0) is 18.1. The monoisotopic (exact) mass is 367 g/mol. The highest BCUT2D eigenvalue weighted by Crippen LogP contribution is 2.35. The van der Waals surface area contributed by atoms with E-state index in [9.17, 15) is 4.79 Å². The van der Waals surface area contributed by atoms with E-state index in [1.807, 2.05) is 23.1 Å². The molecule has 2 N–H and O–H groups in total. The molecule has 2 heterocycles. The summed E-state index contributed by atoms with van der Waals surface area (Å²) < 4.78 is 5.38. The van der Waals surface area contributed by atoms with Crippen molar-refractivity contribution in [3.05, 3.63) is 60.3 Å². The average Bonchev–Trinajstić information content (AvgIpc) is 2.67. The molecule has 0 aliphatic carbocycles. The van der Waals surface area contributed by atoms with Gasteiger partial charge in [0, 0.05) is 18.8 Å². The Hall–Kier alpha value is -2.44. The Morgan fingerprint density at radius 3 is 2.69 bits per heavy atom. The predicted molar refractivity (Wildman–Crippen MR) is 106 cm³/mol. The minimum absolute atomic E-state index is 0.0544. The van der Waals surface area contributed by atoms with E-state index in [0.717, 1.165) is 16.3 Å². The number of carbonyl (C=O) groups excluding carboxylic acids is 1. The fourth-order valence-electron chi connectivity index (χ4n) is 3.74. The Balaban J connectivity index is 1.76. The van der Waals surface area contributed by atoms with Crippen molar-refractivity contribution in [3.63, 3.8) is 0 Å². The smallest absolute Gasteiger partial charge is 0.234 e. The summed E-state index contributed by atoms with van der Waals surface area (Å²) in [6.45, 7) is 6.46. The van der Waals surface area contributed by atoms with E-state index >= 15 is 0 Å². The Labute approximate surface area is 158 Å². The summed E-state index contributed by atoms with van der Waals surface area (Å²) in [5.41, 5.74) is 1.70. The minimum Gasteiger partial charge on any atom is -0.378 e. The molecule has 6 heteroatoms. The Morgan fingerprint density at radius 1 is 1.15 bits per heavy atom. The molecule has 0 radical (unpaired) electrons. The summed E-state index contributed by atoms with van der Waals surface area (Å²) in [6.07, 6.45) is 0. The summed E-state index contributed by atoms with van der Waals surface area (Å²) >= 11 is 5.35. The third-order valence-electron chi connectivity index (χ3n) is 5.02. The van der Waals surface area contributed by atoms with Crippen LogP contribution in [-0.2, 0) is 9.53 Å². The molecule has 0 unspecified atom stereocenters. The van der Waals surface area contributed by atoms with Crippen LogP contribution in [0.25, 0.3) is 10.8 Å². The highest BCUT2D eigenvalue weighted by molar-refractivity contribution is 7.80. The first-order chi connectivity index (χ1) is 12.6. The predicted octanol–water partition coefficient (Wildman–Crippen LogP) is 2.35. The summed E-state index contributed by atoms with van der Waals surface area (Å²) in [5, 5.41) is 9.10. The number of nitrogens with one attached hydrogen (secondary N) is 2. The zero-order valence-corrected chi connectivity index (χ0v) is 15.2. The normalized spacial score (nSPS) is 23.5. The van der Waals surface area contributed by atoms with Gasteiger partial charge in [0.05, 0.1) is 19.3 Å². The van der Waals surface area contributed by atoms with E-state index in [1.165, 1.54) is 0 Å². The van der Waals surface area contributed by atoms with Crippen molar-refractivity contribution in [2.45, 2.75) is 6.04 Å². The number of fused-ring (bicyclic) bond motifs is 1. The number of morpholine rings is 1. The van der Waals surface area contributed by atoms with Crippen LogP contribution in [0.3, 0.4) is 0 Å². The lowest BCUT2D eigenvalue weighted by molar-refractivity contribution is -0.139. The van der Waals surface area contributed by atoms with Gasteiger partial charge >= 0.3 is 0 Å². The van der Waals surface area contributed by atoms with Gasteiger partial charge in [-0.25, -0.2) is 0 Å². The van der Waals surface area contributed by atoms with Gasteiger partial charge in [-0.2, -0.15) is 0 Å². The van der Waals surface area contributed by atoms with Crippen molar-refractivity contribution >= 4 is 34.0 Å². The molecular formula is C20H21N3O2S. The highest BCUT2D eigenvalue weighted by Gasteiger charge is 2.39. The summed E-state index contributed by atoms with van der Waals surface area (Å²) in [5.74, 6) is -0.371. The second-order valence-corrected chi connectivity index (χ2v) is 6.99. The van der Waals surface area contributed by atoms with Crippen molar-refractivity contribution in [3.8, 4) is 0 Å². The fraction of sp³-hybridized carbons (Fsp3) is 0.300. The maximum atomic E-state index is 13.3. The molecule has 2 aromatic rings. The molecule has 5 nitrogen and oxygen atoms in total. The Morgan fingerprint density at radius 2 is 1.88 bits per heavy atom. The molecule has 0 saturated carbocycles. The molecule has 2 saturated heterocycles. The summed E-state index contributed by atoms with van der Waals surface area (Å²) in [4.78, 5) is 15.1. The van der Waals surface area contributed by atoms with Gasteiger partial charge in [-0.3, -0.25) is 4.79 Å². The molecule has 0 bridgehead atoms. The topological polar surface area (TPSA) is 53.6 Å². The number of thiocarbonyl (C=S) groups is 1. The molecule has 26 heavy (non-hydrogen) atoms. The standard InChI is InChI=1S/C20H21N3O2S/c1-13-17(19(24)23-9-11-25-12-10-23)18(22-20(26)21-13)16-8-4-6-14-5-2-3-7-15(14)16/h2-8,17-18H,1,9-12H2,(H2,21,22,26)/t17-,18+/m1/s1.